The Morgan fingerprint density at radius 1 is 0.811 bits per heavy atom. The lowest BCUT2D eigenvalue weighted by Crippen LogP contribution is -2.40. The average molecular weight is 827 g/mol. The predicted octanol–water partition coefficient (Wildman–Crippen LogP) is 5.60. The normalized spacial score (nSPS) is 25.5. The smallest absolute Gasteiger partial charge is 0.380 e. The van der Waals surface area contributed by atoms with Gasteiger partial charge in [0, 0.05) is 47.2 Å². The van der Waals surface area contributed by atoms with Crippen LogP contribution in [0, 0.1) is 11.8 Å². The van der Waals surface area contributed by atoms with Crippen LogP contribution in [0.1, 0.15) is 60.3 Å². The zero-order valence-electron chi connectivity index (χ0n) is 33.2. The Labute approximate surface area is 335 Å². The summed E-state index contributed by atoms with van der Waals surface area (Å²) in [5.41, 5.74) is -0.686. The van der Waals surface area contributed by atoms with E-state index in [1.165, 1.54) is 6.92 Å². The highest BCUT2D eigenvalue weighted by molar-refractivity contribution is 8.23. The van der Waals surface area contributed by atoms with Crippen LogP contribution in [0.25, 0.3) is 0 Å². The molecule has 0 aromatic rings. The summed E-state index contributed by atoms with van der Waals surface area (Å²) in [5.74, 6) is -0.512. The maximum absolute atomic E-state index is 10.8. The highest BCUT2D eigenvalue weighted by Gasteiger charge is 2.58. The van der Waals surface area contributed by atoms with Crippen molar-refractivity contribution >= 4 is 61.0 Å². The first-order valence-electron chi connectivity index (χ1n) is 17.9. The minimum atomic E-state index is -0.363. The Morgan fingerprint density at radius 3 is 1.60 bits per heavy atom. The molecule has 2 rings (SSSR count). The SMILES string of the molecule is C=CCC/C=C/[C@H](OC)[C@@H](OCOC)[C@H](C)[C@H]1O[C@@]1(C)COB(P)S.COCO[C@@H]([C@H](C)[C@H]1O[C@@]1(C)COB(P)S)[C@H](/C=C/CCCOC(C)=O)OC. The lowest BCUT2D eigenvalue weighted by atomic mass is 9.90. The molecule has 0 radical (unpaired) electrons. The molecule has 0 spiro atoms. The summed E-state index contributed by atoms with van der Waals surface area (Å²) < 4.78 is 61.3. The van der Waals surface area contributed by atoms with E-state index in [9.17, 15) is 4.79 Å². The van der Waals surface area contributed by atoms with Crippen LogP contribution in [0.2, 0.25) is 0 Å². The van der Waals surface area contributed by atoms with Gasteiger partial charge in [0.05, 0.1) is 44.2 Å². The van der Waals surface area contributed by atoms with Gasteiger partial charge in [0.2, 0.25) is 0 Å². The van der Waals surface area contributed by atoms with E-state index in [0.29, 0.717) is 19.8 Å². The fourth-order valence-corrected chi connectivity index (χ4v) is 6.38. The van der Waals surface area contributed by atoms with Crippen molar-refractivity contribution in [1.29, 1.82) is 0 Å². The number of hydrogen-bond acceptors (Lipinski definition) is 14. The lowest BCUT2D eigenvalue weighted by Gasteiger charge is -2.29. The van der Waals surface area contributed by atoms with E-state index in [1.807, 2.05) is 38.2 Å². The Hall–Kier alpha value is -0.0201. The standard InChI is InChI=1S/C18H34BO7PS.C17H32BO5PS/c1-13(17-18(3,26-17)11-25-19(27)28)16(24-12-21-4)15(22-5)9-7-6-8-10-23-14(2)20;1-6-7-8-9-10-14(20-5)15(21-12-19-4)13(2)16-17(3,23-16)11-22-18(24)25/h7,9,13,15-17,28H,6,8,10-12,27H2,1-5H3;6,9-10,13-16,25H,1,7-8,11-12,24H2,2-5H3/b9-7+;10-9+/t13-,15-,16-,17+,18-;13-,14-,15-,16+,17-/m00/s1. The molecule has 12 nitrogen and oxygen atoms in total. The molecule has 2 fully saturated rings. The molecule has 0 amide bonds. The van der Waals surface area contributed by atoms with Gasteiger partial charge in [0.25, 0.3) is 0 Å². The van der Waals surface area contributed by atoms with E-state index in [4.69, 9.17) is 51.9 Å². The molecule has 0 N–H and O–H groups in total. The molecule has 2 heterocycles. The van der Waals surface area contributed by atoms with Crippen LogP contribution in [-0.4, -0.2) is 127 Å². The third-order valence-corrected chi connectivity index (χ3v) is 9.60. The number of hydrogen-bond donors (Lipinski definition) is 2. The van der Waals surface area contributed by atoms with Crippen molar-refractivity contribution in [2.24, 2.45) is 11.8 Å². The molecule has 18 heteroatoms. The van der Waals surface area contributed by atoms with Crippen LogP contribution in [0.4, 0.5) is 0 Å². The molecule has 0 aromatic heterocycles. The van der Waals surface area contributed by atoms with Crippen molar-refractivity contribution in [2.45, 2.75) is 108 Å². The first kappa shape index (κ1) is 51.0. The molecule has 2 aliphatic rings. The average Bonchev–Trinajstić information content (AvgIpc) is 4.01. The van der Waals surface area contributed by atoms with Gasteiger partial charge in [0.1, 0.15) is 37.0 Å². The summed E-state index contributed by atoms with van der Waals surface area (Å²) in [6, 6.07) is 0. The van der Waals surface area contributed by atoms with Crippen molar-refractivity contribution in [3.8, 4) is 0 Å². The van der Waals surface area contributed by atoms with Gasteiger partial charge >= 0.3 is 17.8 Å². The van der Waals surface area contributed by atoms with Crippen molar-refractivity contribution < 1.29 is 56.7 Å². The van der Waals surface area contributed by atoms with Crippen LogP contribution in [0.3, 0.4) is 0 Å². The van der Waals surface area contributed by atoms with Crippen LogP contribution in [0.5, 0.6) is 0 Å². The summed E-state index contributed by atoms with van der Waals surface area (Å²) in [6.07, 6.45) is 12.6. The third kappa shape index (κ3) is 19.8. The summed E-state index contributed by atoms with van der Waals surface area (Å²) in [5, 5.41) is 0. The monoisotopic (exact) mass is 826 g/mol. The maximum atomic E-state index is 10.8. The van der Waals surface area contributed by atoms with Gasteiger partial charge in [-0.3, -0.25) is 4.79 Å². The van der Waals surface area contributed by atoms with Gasteiger partial charge in [-0.05, 0) is 39.5 Å². The van der Waals surface area contributed by atoms with E-state index in [-0.39, 0.29) is 91.0 Å². The first-order chi connectivity index (χ1) is 25.1. The van der Waals surface area contributed by atoms with Crippen molar-refractivity contribution in [3.63, 3.8) is 0 Å². The number of carbonyl (C=O) groups excluding carboxylic acids is 1. The predicted molar refractivity (Wildman–Crippen MR) is 224 cm³/mol. The number of esters is 1. The van der Waals surface area contributed by atoms with Crippen molar-refractivity contribution in [1.82, 2.24) is 0 Å². The van der Waals surface area contributed by atoms with Gasteiger partial charge in [-0.1, -0.05) is 44.2 Å². The Bertz CT molecular complexity index is 1080. The fraction of sp³-hybridized carbons (Fsp3) is 0.800. The molecule has 0 aromatic carbocycles. The third-order valence-electron chi connectivity index (χ3n) is 8.91. The number of epoxide rings is 2. The minimum Gasteiger partial charge on any atom is -0.466 e. The number of unbranched alkanes of at least 4 members (excludes halogenated alkanes) is 2. The van der Waals surface area contributed by atoms with Crippen LogP contribution >= 0.6 is 43.2 Å². The van der Waals surface area contributed by atoms with Crippen molar-refractivity contribution in [2.75, 3.05) is 61.8 Å². The second-order valence-electron chi connectivity index (χ2n) is 13.5. The van der Waals surface area contributed by atoms with Gasteiger partial charge in [0.15, 0.2) is 0 Å². The van der Waals surface area contributed by atoms with Gasteiger partial charge in [-0.2, -0.15) is 25.0 Å². The van der Waals surface area contributed by atoms with E-state index in [1.54, 1.807) is 28.4 Å². The second kappa shape index (κ2) is 27.6. The fourth-order valence-electron chi connectivity index (χ4n) is 6.04. The molecule has 2 unspecified atom stereocenters. The molecule has 12 atom stereocenters. The van der Waals surface area contributed by atoms with Crippen molar-refractivity contribution in [3.05, 3.63) is 37.0 Å². The molecule has 53 heavy (non-hydrogen) atoms. The topological polar surface area (TPSA) is 125 Å². The second-order valence-corrected chi connectivity index (χ2v) is 16.9. The number of rotatable bonds is 29. The quantitative estimate of drug-likeness (QED) is 0.0143. The Balaban J connectivity index is 0.000000533. The van der Waals surface area contributed by atoms with Crippen LogP contribution in [0.15, 0.2) is 37.0 Å². The summed E-state index contributed by atoms with van der Waals surface area (Å²) in [4.78, 5) is 10.8. The molecule has 306 valence electrons. The lowest BCUT2D eigenvalue weighted by molar-refractivity contribution is -0.141. The molecule has 2 saturated heterocycles. The number of allylic oxidation sites excluding steroid dienone is 3. The van der Waals surface area contributed by atoms with E-state index < -0.39 is 0 Å². The first-order valence-corrected chi connectivity index (χ1v) is 20.3. The van der Waals surface area contributed by atoms with Crippen LogP contribution < -0.4 is 0 Å². The highest BCUT2D eigenvalue weighted by Crippen LogP contribution is 2.45. The highest BCUT2D eigenvalue weighted by atomic mass is 32.1. The summed E-state index contributed by atoms with van der Waals surface area (Å²) >= 11 is 8.43. The number of ether oxygens (including phenoxy) is 9. The molecule has 0 bridgehead atoms. The van der Waals surface area contributed by atoms with Gasteiger partial charge in [-0.25, -0.2) is 0 Å². The number of thiol groups is 2. The largest absolute Gasteiger partial charge is 0.466 e. The zero-order valence-corrected chi connectivity index (χ0v) is 37.3. The minimum absolute atomic E-state index is 0.0125. The zero-order chi connectivity index (χ0) is 40.0. The van der Waals surface area contributed by atoms with E-state index in [0.717, 1.165) is 25.7 Å². The van der Waals surface area contributed by atoms with E-state index >= 15 is 0 Å². The molecular formula is C35H66B2O12P2S2. The molecule has 0 saturated carbocycles. The number of methoxy groups -OCH3 is 4. The Morgan fingerprint density at radius 2 is 1.25 bits per heavy atom. The summed E-state index contributed by atoms with van der Waals surface area (Å²) in [6.45, 7) is 15.1. The van der Waals surface area contributed by atoms with Crippen LogP contribution in [-0.2, 0) is 56.7 Å². The molecular weight excluding hydrogens is 760 g/mol. The Kier molecular flexibility index (Phi) is 26.5. The van der Waals surface area contributed by atoms with Gasteiger partial charge in [-0.15, -0.1) is 24.8 Å². The summed E-state index contributed by atoms with van der Waals surface area (Å²) in [7, 11) is 11.5. The molecule has 0 aliphatic carbocycles. The van der Waals surface area contributed by atoms with Gasteiger partial charge < -0.3 is 51.9 Å². The molecule has 2 aliphatic heterocycles. The number of carbonyl (C=O) groups is 1. The maximum Gasteiger partial charge on any atom is 0.380 e. The van der Waals surface area contributed by atoms with E-state index in [2.05, 4.69) is 69.7 Å².